The molecule has 25 heavy (non-hydrogen) atoms. The van der Waals surface area contributed by atoms with Gasteiger partial charge < -0.3 is 10.1 Å². The quantitative estimate of drug-likeness (QED) is 0.796. The molecule has 1 amide bonds. The Hall–Kier alpha value is -3.15. The molecule has 1 N–H and O–H groups in total. The predicted molar refractivity (Wildman–Crippen MR) is 91.6 cm³/mol. The fourth-order valence-corrected chi connectivity index (χ4v) is 3.16. The van der Waals surface area contributed by atoms with Crippen LogP contribution in [0.3, 0.4) is 0 Å². The first-order valence-electron chi connectivity index (χ1n) is 7.92. The Morgan fingerprint density at radius 3 is 2.88 bits per heavy atom. The number of nitrogens with zero attached hydrogens (tertiary/aromatic N) is 2. The molecule has 6 heteroatoms. The lowest BCUT2D eigenvalue weighted by atomic mass is 9.90. The van der Waals surface area contributed by atoms with Crippen LogP contribution in [0.5, 0.6) is 5.75 Å². The zero-order valence-corrected chi connectivity index (χ0v) is 13.6. The number of halogens is 1. The third-order valence-corrected chi connectivity index (χ3v) is 4.36. The number of rotatable bonds is 3. The number of amides is 1. The third kappa shape index (κ3) is 2.76. The Labute approximate surface area is 144 Å². The highest BCUT2D eigenvalue weighted by atomic mass is 19.1. The highest BCUT2D eigenvalue weighted by Crippen LogP contribution is 2.37. The van der Waals surface area contributed by atoms with E-state index in [1.165, 1.54) is 12.1 Å². The van der Waals surface area contributed by atoms with Crippen LogP contribution in [0.1, 0.15) is 23.6 Å². The molecule has 0 bridgehead atoms. The molecule has 126 valence electrons. The maximum absolute atomic E-state index is 13.6. The van der Waals surface area contributed by atoms with E-state index < -0.39 is 0 Å². The van der Waals surface area contributed by atoms with Crippen LogP contribution < -0.4 is 10.1 Å². The molecule has 0 spiro atoms. The van der Waals surface area contributed by atoms with E-state index in [0.29, 0.717) is 11.6 Å². The Morgan fingerprint density at radius 2 is 2.08 bits per heavy atom. The molecular formula is C19H16FN3O2. The van der Waals surface area contributed by atoms with Gasteiger partial charge in [0.1, 0.15) is 23.7 Å². The topological polar surface area (TPSA) is 56.1 Å². The van der Waals surface area contributed by atoms with Gasteiger partial charge in [-0.2, -0.15) is 0 Å². The molecule has 1 aliphatic rings. The number of fused-ring (bicyclic) bond motifs is 1. The summed E-state index contributed by atoms with van der Waals surface area (Å²) < 4.78 is 20.7. The summed E-state index contributed by atoms with van der Waals surface area (Å²) in [6.45, 7) is 0. The van der Waals surface area contributed by atoms with Crippen LogP contribution in [0.2, 0.25) is 0 Å². The lowest BCUT2D eigenvalue weighted by Gasteiger charge is -2.23. The molecule has 2 aromatic carbocycles. The van der Waals surface area contributed by atoms with Crippen LogP contribution in [-0.4, -0.2) is 22.6 Å². The molecule has 5 nitrogen and oxygen atoms in total. The van der Waals surface area contributed by atoms with Crippen molar-refractivity contribution in [2.45, 2.75) is 12.3 Å². The molecule has 0 unspecified atom stereocenters. The van der Waals surface area contributed by atoms with Gasteiger partial charge in [0, 0.05) is 18.4 Å². The van der Waals surface area contributed by atoms with Crippen LogP contribution in [0.4, 0.5) is 10.2 Å². The van der Waals surface area contributed by atoms with E-state index in [2.05, 4.69) is 10.3 Å². The van der Waals surface area contributed by atoms with E-state index in [4.69, 9.17) is 4.74 Å². The Morgan fingerprint density at radius 1 is 1.24 bits per heavy atom. The smallest absolute Gasteiger partial charge is 0.226 e. The van der Waals surface area contributed by atoms with E-state index in [9.17, 15) is 9.18 Å². The fraction of sp³-hybridized carbons (Fsp3) is 0.158. The van der Waals surface area contributed by atoms with Crippen molar-refractivity contribution in [3.8, 4) is 11.4 Å². The Balaban J connectivity index is 1.81. The summed E-state index contributed by atoms with van der Waals surface area (Å²) >= 11 is 0. The molecule has 1 atom stereocenters. The van der Waals surface area contributed by atoms with Crippen molar-refractivity contribution in [3.63, 3.8) is 0 Å². The highest BCUT2D eigenvalue weighted by Gasteiger charge is 2.31. The molecule has 1 aliphatic heterocycles. The summed E-state index contributed by atoms with van der Waals surface area (Å²) in [5, 5.41) is 2.89. The fourth-order valence-electron chi connectivity index (χ4n) is 3.16. The van der Waals surface area contributed by atoms with E-state index >= 15 is 0 Å². The minimum absolute atomic E-state index is 0.119. The van der Waals surface area contributed by atoms with Gasteiger partial charge in [0.25, 0.3) is 0 Å². The average molecular weight is 337 g/mol. The first kappa shape index (κ1) is 15.4. The van der Waals surface area contributed by atoms with Crippen LogP contribution in [0.25, 0.3) is 5.69 Å². The van der Waals surface area contributed by atoms with Crippen molar-refractivity contribution in [2.24, 2.45) is 0 Å². The number of nitrogens with one attached hydrogen (secondary N) is 1. The lowest BCUT2D eigenvalue weighted by Crippen LogP contribution is -2.25. The summed E-state index contributed by atoms with van der Waals surface area (Å²) in [4.78, 5) is 16.7. The summed E-state index contributed by atoms with van der Waals surface area (Å²) in [5.41, 5.74) is 2.30. The SMILES string of the molecule is COc1cccc(-n2cnc3c2NC(=O)C[C@@H]3c2cccc(F)c2)c1. The second-order valence-corrected chi connectivity index (χ2v) is 5.91. The number of hydrogen-bond donors (Lipinski definition) is 1. The van der Waals surface area contributed by atoms with Crippen molar-refractivity contribution >= 4 is 11.7 Å². The van der Waals surface area contributed by atoms with Crippen molar-refractivity contribution in [1.29, 1.82) is 0 Å². The molecule has 4 rings (SSSR count). The van der Waals surface area contributed by atoms with Crippen LogP contribution in [-0.2, 0) is 4.79 Å². The Bertz CT molecular complexity index is 951. The summed E-state index contributed by atoms with van der Waals surface area (Å²) in [6, 6.07) is 13.8. The molecular weight excluding hydrogens is 321 g/mol. The van der Waals surface area contributed by atoms with Crippen LogP contribution in [0.15, 0.2) is 54.9 Å². The zero-order valence-electron chi connectivity index (χ0n) is 13.6. The van der Waals surface area contributed by atoms with Gasteiger partial charge in [0.15, 0.2) is 0 Å². The summed E-state index contributed by atoms with van der Waals surface area (Å²) in [7, 11) is 1.60. The molecule has 0 saturated carbocycles. The maximum Gasteiger partial charge on any atom is 0.226 e. The van der Waals surface area contributed by atoms with Crippen molar-refractivity contribution in [1.82, 2.24) is 9.55 Å². The predicted octanol–water partition coefficient (Wildman–Crippen LogP) is 3.49. The van der Waals surface area contributed by atoms with Gasteiger partial charge in [-0.25, -0.2) is 9.37 Å². The van der Waals surface area contributed by atoms with Gasteiger partial charge in [-0.05, 0) is 29.8 Å². The first-order valence-corrected chi connectivity index (χ1v) is 7.92. The zero-order chi connectivity index (χ0) is 17.4. The second-order valence-electron chi connectivity index (χ2n) is 5.91. The van der Waals surface area contributed by atoms with Crippen molar-refractivity contribution in [2.75, 3.05) is 12.4 Å². The standard InChI is InChI=1S/C19H16FN3O2/c1-25-15-7-3-6-14(9-15)23-11-21-18-16(10-17(24)22-19(18)23)12-4-2-5-13(20)8-12/h2-9,11,16H,10H2,1H3,(H,22,24)/t16-/m1/s1. The van der Waals surface area contributed by atoms with Crippen molar-refractivity contribution < 1.29 is 13.9 Å². The lowest BCUT2D eigenvalue weighted by molar-refractivity contribution is -0.116. The summed E-state index contributed by atoms with van der Waals surface area (Å²) in [5.74, 6) is 0.609. The van der Waals surface area contributed by atoms with Gasteiger partial charge in [0.05, 0.1) is 18.5 Å². The number of ether oxygens (including phenoxy) is 1. The summed E-state index contributed by atoms with van der Waals surface area (Å²) in [6.07, 6.45) is 1.91. The number of benzene rings is 2. The Kier molecular flexibility index (Phi) is 3.72. The van der Waals surface area contributed by atoms with Gasteiger partial charge in [-0.1, -0.05) is 18.2 Å². The van der Waals surface area contributed by atoms with E-state index in [-0.39, 0.29) is 24.1 Å². The van der Waals surface area contributed by atoms with Crippen LogP contribution in [0, 0.1) is 5.82 Å². The maximum atomic E-state index is 13.6. The minimum Gasteiger partial charge on any atom is -0.497 e. The molecule has 0 saturated heterocycles. The van der Waals surface area contributed by atoms with Gasteiger partial charge in [0.2, 0.25) is 5.91 Å². The van der Waals surface area contributed by atoms with E-state index in [0.717, 1.165) is 16.9 Å². The second kappa shape index (κ2) is 6.05. The van der Waals surface area contributed by atoms with Gasteiger partial charge >= 0.3 is 0 Å². The van der Waals surface area contributed by atoms with Crippen molar-refractivity contribution in [3.05, 3.63) is 71.9 Å². The highest BCUT2D eigenvalue weighted by molar-refractivity contribution is 5.94. The van der Waals surface area contributed by atoms with Gasteiger partial charge in [-0.3, -0.25) is 9.36 Å². The number of carbonyl (C=O) groups excluding carboxylic acids is 1. The number of methoxy groups -OCH3 is 1. The molecule has 2 heterocycles. The number of aromatic nitrogens is 2. The molecule has 3 aromatic rings. The van der Waals surface area contributed by atoms with Crippen LogP contribution >= 0.6 is 0 Å². The average Bonchev–Trinajstić information content (AvgIpc) is 3.04. The first-order chi connectivity index (χ1) is 12.2. The molecule has 0 radical (unpaired) electrons. The normalized spacial score (nSPS) is 16.2. The minimum atomic E-state index is -0.322. The van der Waals surface area contributed by atoms with E-state index in [1.54, 1.807) is 24.1 Å². The number of hydrogen-bond acceptors (Lipinski definition) is 3. The molecule has 0 fully saturated rings. The number of anilines is 1. The number of carbonyl (C=O) groups is 1. The van der Waals surface area contributed by atoms with E-state index in [1.807, 2.05) is 30.3 Å². The molecule has 1 aromatic heterocycles. The molecule has 0 aliphatic carbocycles. The largest absolute Gasteiger partial charge is 0.497 e. The monoisotopic (exact) mass is 337 g/mol. The number of imidazole rings is 1. The van der Waals surface area contributed by atoms with Gasteiger partial charge in [-0.15, -0.1) is 0 Å². The third-order valence-electron chi connectivity index (χ3n) is 4.36.